The molecule has 0 saturated carbocycles. The molecule has 1 aliphatic rings. The first-order valence-electron chi connectivity index (χ1n) is 8.44. The van der Waals surface area contributed by atoms with Crippen molar-refractivity contribution in [2.45, 2.75) is 39.2 Å². The Morgan fingerprint density at radius 3 is 2.62 bits per heavy atom. The van der Waals surface area contributed by atoms with Gasteiger partial charge in [-0.2, -0.15) is 0 Å². The van der Waals surface area contributed by atoms with Crippen molar-refractivity contribution in [1.29, 1.82) is 0 Å². The highest BCUT2D eigenvalue weighted by atomic mass is 16.5. The summed E-state index contributed by atoms with van der Waals surface area (Å²) >= 11 is 0. The van der Waals surface area contributed by atoms with E-state index < -0.39 is 0 Å². The zero-order chi connectivity index (χ0) is 16.7. The lowest BCUT2D eigenvalue weighted by molar-refractivity contribution is 0.229. The van der Waals surface area contributed by atoms with Gasteiger partial charge in [-0.1, -0.05) is 30.3 Å². The molecule has 1 atom stereocenters. The highest BCUT2D eigenvalue weighted by Gasteiger charge is 2.23. The molecule has 2 aromatic carbocycles. The summed E-state index contributed by atoms with van der Waals surface area (Å²) in [5, 5.41) is 0.968. The molecule has 0 aliphatic heterocycles. The second kappa shape index (κ2) is 5.82. The molecular formula is C21H20O3. The predicted molar refractivity (Wildman–Crippen MR) is 94.7 cm³/mol. The summed E-state index contributed by atoms with van der Waals surface area (Å²) in [6, 6.07) is 14.1. The summed E-state index contributed by atoms with van der Waals surface area (Å²) in [6.45, 7) is 4.04. The van der Waals surface area contributed by atoms with Gasteiger partial charge in [0.05, 0.1) is 5.39 Å². The minimum Gasteiger partial charge on any atom is -0.485 e. The molecule has 122 valence electrons. The van der Waals surface area contributed by atoms with Crippen LogP contribution in [-0.2, 0) is 12.8 Å². The fraction of sp³-hybridized carbons (Fsp3) is 0.286. The van der Waals surface area contributed by atoms with E-state index in [1.807, 2.05) is 44.2 Å². The molecule has 24 heavy (non-hydrogen) atoms. The van der Waals surface area contributed by atoms with Gasteiger partial charge >= 0.3 is 5.63 Å². The molecule has 0 fully saturated rings. The molecule has 3 nitrogen and oxygen atoms in total. The fourth-order valence-electron chi connectivity index (χ4n) is 3.58. The standard InChI is InChI=1S/C21H20O3/c1-13-11-18(23-14(2)15-7-4-3-5-8-15)20-16-9-6-10-17(16)21(22)24-19(20)12-13/h3-5,7-8,11-12,14H,6,9-10H2,1-2H3/t14-/m1/s1. The largest absolute Gasteiger partial charge is 0.485 e. The quantitative estimate of drug-likeness (QED) is 0.655. The Bertz CT molecular complexity index is 954. The van der Waals surface area contributed by atoms with Crippen molar-refractivity contribution < 1.29 is 9.15 Å². The summed E-state index contributed by atoms with van der Waals surface area (Å²) in [5.74, 6) is 0.809. The number of aryl methyl sites for hydroxylation is 2. The Labute approximate surface area is 140 Å². The van der Waals surface area contributed by atoms with Crippen LogP contribution in [0.4, 0.5) is 0 Å². The maximum Gasteiger partial charge on any atom is 0.339 e. The Hall–Kier alpha value is -2.55. The van der Waals surface area contributed by atoms with Gasteiger partial charge in [-0.05, 0) is 61.9 Å². The lowest BCUT2D eigenvalue weighted by atomic mass is 10.0. The van der Waals surface area contributed by atoms with Crippen LogP contribution in [0.15, 0.2) is 51.7 Å². The van der Waals surface area contributed by atoms with Crippen LogP contribution < -0.4 is 10.4 Å². The third-order valence-electron chi connectivity index (χ3n) is 4.75. The van der Waals surface area contributed by atoms with Crippen molar-refractivity contribution in [3.8, 4) is 5.75 Å². The molecule has 3 aromatic rings. The number of hydrogen-bond acceptors (Lipinski definition) is 3. The topological polar surface area (TPSA) is 39.4 Å². The van der Waals surface area contributed by atoms with Crippen LogP contribution in [0, 0.1) is 6.92 Å². The fourth-order valence-corrected chi connectivity index (χ4v) is 3.58. The molecule has 0 bridgehead atoms. The van der Waals surface area contributed by atoms with E-state index in [1.54, 1.807) is 0 Å². The van der Waals surface area contributed by atoms with Crippen LogP contribution in [0.25, 0.3) is 11.0 Å². The number of benzene rings is 2. The molecule has 1 aliphatic carbocycles. The van der Waals surface area contributed by atoms with Gasteiger partial charge in [0.1, 0.15) is 17.4 Å². The first-order valence-corrected chi connectivity index (χ1v) is 8.44. The van der Waals surface area contributed by atoms with E-state index in [4.69, 9.17) is 9.15 Å². The van der Waals surface area contributed by atoms with Gasteiger partial charge in [0.2, 0.25) is 0 Å². The molecule has 3 heteroatoms. The third kappa shape index (κ3) is 2.50. The van der Waals surface area contributed by atoms with Crippen LogP contribution in [0.3, 0.4) is 0 Å². The van der Waals surface area contributed by atoms with E-state index in [0.29, 0.717) is 5.58 Å². The molecule has 0 saturated heterocycles. The van der Waals surface area contributed by atoms with Crippen molar-refractivity contribution in [2.75, 3.05) is 0 Å². The number of rotatable bonds is 3. The van der Waals surface area contributed by atoms with E-state index >= 15 is 0 Å². The molecule has 1 aromatic heterocycles. The lowest BCUT2D eigenvalue weighted by Crippen LogP contribution is -2.09. The number of hydrogen-bond donors (Lipinski definition) is 0. The maximum absolute atomic E-state index is 12.2. The van der Waals surface area contributed by atoms with Crippen molar-refractivity contribution >= 4 is 11.0 Å². The Morgan fingerprint density at radius 1 is 1.08 bits per heavy atom. The Balaban J connectivity index is 1.86. The minimum atomic E-state index is -0.192. The van der Waals surface area contributed by atoms with Crippen LogP contribution in [0.5, 0.6) is 5.75 Å². The summed E-state index contributed by atoms with van der Waals surface area (Å²) in [6.07, 6.45) is 2.65. The van der Waals surface area contributed by atoms with E-state index in [-0.39, 0.29) is 11.7 Å². The number of ether oxygens (including phenoxy) is 1. The second-order valence-corrected chi connectivity index (χ2v) is 6.51. The minimum absolute atomic E-state index is 0.0693. The van der Waals surface area contributed by atoms with Crippen molar-refractivity contribution in [3.05, 3.63) is 75.1 Å². The van der Waals surface area contributed by atoms with Crippen LogP contribution >= 0.6 is 0 Å². The summed E-state index contributed by atoms with van der Waals surface area (Å²) < 4.78 is 11.9. The van der Waals surface area contributed by atoms with Gasteiger partial charge in [0.25, 0.3) is 0 Å². The molecular weight excluding hydrogens is 300 g/mol. The number of fused-ring (bicyclic) bond motifs is 3. The van der Waals surface area contributed by atoms with E-state index in [9.17, 15) is 4.79 Å². The summed E-state index contributed by atoms with van der Waals surface area (Å²) in [4.78, 5) is 12.2. The summed E-state index contributed by atoms with van der Waals surface area (Å²) in [5.41, 5.74) is 4.53. The first kappa shape index (κ1) is 15.0. The molecule has 0 N–H and O–H groups in total. The maximum atomic E-state index is 12.2. The van der Waals surface area contributed by atoms with Crippen LogP contribution in [-0.4, -0.2) is 0 Å². The molecule has 0 unspecified atom stereocenters. The highest BCUT2D eigenvalue weighted by molar-refractivity contribution is 5.89. The smallest absolute Gasteiger partial charge is 0.339 e. The van der Waals surface area contributed by atoms with Crippen molar-refractivity contribution in [1.82, 2.24) is 0 Å². The van der Waals surface area contributed by atoms with Crippen molar-refractivity contribution in [2.24, 2.45) is 0 Å². The van der Waals surface area contributed by atoms with Gasteiger partial charge in [0.15, 0.2) is 0 Å². The average Bonchev–Trinajstić information content (AvgIpc) is 3.05. The van der Waals surface area contributed by atoms with Gasteiger partial charge in [-0.3, -0.25) is 0 Å². The van der Waals surface area contributed by atoms with Crippen molar-refractivity contribution in [3.63, 3.8) is 0 Å². The Kier molecular flexibility index (Phi) is 3.64. The van der Waals surface area contributed by atoms with Gasteiger partial charge < -0.3 is 9.15 Å². The second-order valence-electron chi connectivity index (χ2n) is 6.51. The lowest BCUT2D eigenvalue weighted by Gasteiger charge is -2.18. The normalized spacial score (nSPS) is 14.6. The first-order chi connectivity index (χ1) is 11.6. The zero-order valence-electron chi connectivity index (χ0n) is 14.0. The van der Waals surface area contributed by atoms with Gasteiger partial charge in [-0.15, -0.1) is 0 Å². The third-order valence-corrected chi connectivity index (χ3v) is 4.75. The Morgan fingerprint density at radius 2 is 1.83 bits per heavy atom. The van der Waals surface area contributed by atoms with E-state index in [2.05, 4.69) is 12.1 Å². The van der Waals surface area contributed by atoms with Crippen LogP contribution in [0.2, 0.25) is 0 Å². The van der Waals surface area contributed by atoms with E-state index in [0.717, 1.165) is 52.7 Å². The molecule has 4 rings (SSSR count). The highest BCUT2D eigenvalue weighted by Crippen LogP contribution is 2.37. The predicted octanol–water partition coefficient (Wildman–Crippen LogP) is 4.73. The zero-order valence-corrected chi connectivity index (χ0v) is 14.0. The monoisotopic (exact) mass is 320 g/mol. The molecule has 1 heterocycles. The molecule has 0 radical (unpaired) electrons. The molecule has 0 amide bonds. The van der Waals surface area contributed by atoms with E-state index in [1.165, 1.54) is 0 Å². The van der Waals surface area contributed by atoms with Gasteiger partial charge in [-0.25, -0.2) is 4.79 Å². The summed E-state index contributed by atoms with van der Waals surface area (Å²) in [7, 11) is 0. The molecule has 0 spiro atoms. The SMILES string of the molecule is Cc1cc(O[C@H](C)c2ccccc2)c2c3c(c(=O)oc2c1)CCC3. The average molecular weight is 320 g/mol. The van der Waals surface area contributed by atoms with Gasteiger partial charge in [0, 0.05) is 5.56 Å². The van der Waals surface area contributed by atoms with Crippen LogP contribution in [0.1, 0.15) is 41.7 Å².